The summed E-state index contributed by atoms with van der Waals surface area (Å²) in [4.78, 5) is 25.5. The van der Waals surface area contributed by atoms with E-state index in [0.29, 0.717) is 18.4 Å². The van der Waals surface area contributed by atoms with Crippen LogP contribution >= 0.6 is 0 Å². The maximum atomic E-state index is 11.8. The molecule has 1 saturated heterocycles. The van der Waals surface area contributed by atoms with Gasteiger partial charge in [-0.1, -0.05) is 19.3 Å². The Kier molecular flexibility index (Phi) is 6.96. The van der Waals surface area contributed by atoms with Gasteiger partial charge in [-0.05, 0) is 50.9 Å². The Morgan fingerprint density at radius 1 is 1.24 bits per heavy atom. The van der Waals surface area contributed by atoms with Crippen LogP contribution in [0.15, 0.2) is 0 Å². The van der Waals surface area contributed by atoms with E-state index in [4.69, 9.17) is 9.63 Å². The van der Waals surface area contributed by atoms with Gasteiger partial charge in [0, 0.05) is 12.6 Å². The lowest BCUT2D eigenvalue weighted by Gasteiger charge is -2.54. The first-order chi connectivity index (χ1) is 12.0. The minimum absolute atomic E-state index is 0.0476. The van der Waals surface area contributed by atoms with Crippen LogP contribution in [0.2, 0.25) is 0 Å². The zero-order valence-corrected chi connectivity index (χ0v) is 15.2. The second-order valence-electron chi connectivity index (χ2n) is 7.83. The van der Waals surface area contributed by atoms with Crippen LogP contribution in [-0.2, 0) is 14.4 Å². The molecule has 0 aromatic rings. The fraction of sp³-hybridized carbons (Fsp3) is 0.889. The Balaban J connectivity index is 0.00000109. The largest absolute Gasteiger partial charge is 0.480 e. The Hall–Kier alpha value is -1.02. The van der Waals surface area contributed by atoms with Gasteiger partial charge in [-0.25, -0.2) is 0 Å². The molecule has 2 aliphatic carbocycles. The molecule has 0 aromatic carbocycles. The second-order valence-corrected chi connectivity index (χ2v) is 7.83. The molecule has 1 heterocycles. The Morgan fingerprint density at radius 3 is 2.40 bits per heavy atom. The third kappa shape index (κ3) is 4.39. The van der Waals surface area contributed by atoms with Crippen LogP contribution in [0.1, 0.15) is 64.7 Å². The summed E-state index contributed by atoms with van der Waals surface area (Å²) in [5.74, 6) is -0.885. The monoisotopic (exact) mass is 356 g/mol. The van der Waals surface area contributed by atoms with E-state index in [2.05, 4.69) is 5.32 Å². The molecule has 3 N–H and O–H groups in total. The lowest BCUT2D eigenvalue weighted by Crippen LogP contribution is -2.65. The molecule has 144 valence electrons. The van der Waals surface area contributed by atoms with Crippen LogP contribution in [0.3, 0.4) is 0 Å². The van der Waals surface area contributed by atoms with Gasteiger partial charge in [-0.3, -0.25) is 14.9 Å². The molecule has 3 rings (SSSR count). The number of carbonyl (C=O) groups is 2. The first-order valence-corrected chi connectivity index (χ1v) is 9.33. The smallest absolute Gasteiger partial charge is 0.326 e. The number of rotatable bonds is 6. The maximum absolute atomic E-state index is 11.8. The SMILES string of the molecule is C=O.CC(CON1CCCC1O)(NC1CCC12CCCCC2)C(=O)O. The Labute approximate surface area is 149 Å². The van der Waals surface area contributed by atoms with E-state index in [-0.39, 0.29) is 12.6 Å². The minimum Gasteiger partial charge on any atom is -0.480 e. The Morgan fingerprint density at radius 2 is 1.92 bits per heavy atom. The van der Waals surface area contributed by atoms with Gasteiger partial charge in [0.15, 0.2) is 0 Å². The summed E-state index contributed by atoms with van der Waals surface area (Å²) < 4.78 is 0. The molecule has 0 radical (unpaired) electrons. The molecule has 0 aromatic heterocycles. The molecule has 3 aliphatic rings. The van der Waals surface area contributed by atoms with Gasteiger partial charge >= 0.3 is 5.97 Å². The molecule has 3 fully saturated rings. The average molecular weight is 356 g/mol. The van der Waals surface area contributed by atoms with Crippen LogP contribution in [0.4, 0.5) is 0 Å². The van der Waals surface area contributed by atoms with Crippen molar-refractivity contribution in [1.82, 2.24) is 10.4 Å². The molecular formula is C18H32N2O5. The highest BCUT2D eigenvalue weighted by molar-refractivity contribution is 5.78. The third-order valence-electron chi connectivity index (χ3n) is 6.18. The molecule has 3 unspecified atom stereocenters. The summed E-state index contributed by atoms with van der Waals surface area (Å²) in [5, 5.41) is 24.4. The van der Waals surface area contributed by atoms with Crippen molar-refractivity contribution in [1.29, 1.82) is 0 Å². The van der Waals surface area contributed by atoms with Gasteiger partial charge in [0.05, 0.1) is 6.61 Å². The van der Waals surface area contributed by atoms with Crippen molar-refractivity contribution in [2.45, 2.75) is 82.5 Å². The topological polar surface area (TPSA) is 99.1 Å². The van der Waals surface area contributed by atoms with Crippen molar-refractivity contribution in [2.24, 2.45) is 5.41 Å². The number of aliphatic hydroxyl groups excluding tert-OH is 1. The normalized spacial score (nSPS) is 30.8. The summed E-state index contributed by atoms with van der Waals surface area (Å²) in [7, 11) is 0. The lowest BCUT2D eigenvalue weighted by atomic mass is 9.57. The van der Waals surface area contributed by atoms with E-state index >= 15 is 0 Å². The van der Waals surface area contributed by atoms with E-state index in [9.17, 15) is 15.0 Å². The van der Waals surface area contributed by atoms with E-state index in [1.165, 1.54) is 43.6 Å². The van der Waals surface area contributed by atoms with E-state index in [1.807, 2.05) is 6.79 Å². The third-order valence-corrected chi connectivity index (χ3v) is 6.18. The molecule has 2 saturated carbocycles. The van der Waals surface area contributed by atoms with E-state index in [1.54, 1.807) is 6.92 Å². The molecule has 3 atom stereocenters. The maximum Gasteiger partial charge on any atom is 0.326 e. The van der Waals surface area contributed by atoms with E-state index < -0.39 is 17.7 Å². The van der Waals surface area contributed by atoms with E-state index in [0.717, 1.165) is 12.8 Å². The summed E-state index contributed by atoms with van der Waals surface area (Å²) in [6.45, 7) is 4.41. The number of carbonyl (C=O) groups excluding carboxylic acids is 1. The van der Waals surface area contributed by atoms with Crippen molar-refractivity contribution in [2.75, 3.05) is 13.2 Å². The van der Waals surface area contributed by atoms with Crippen LogP contribution in [-0.4, -0.2) is 59.0 Å². The molecule has 7 nitrogen and oxygen atoms in total. The van der Waals surface area contributed by atoms with Crippen molar-refractivity contribution in [3.05, 3.63) is 0 Å². The average Bonchev–Trinajstić information content (AvgIpc) is 3.04. The molecule has 0 bridgehead atoms. The van der Waals surface area contributed by atoms with Crippen LogP contribution in [0, 0.1) is 5.41 Å². The van der Waals surface area contributed by atoms with Gasteiger partial charge in [-0.15, -0.1) is 0 Å². The summed E-state index contributed by atoms with van der Waals surface area (Å²) >= 11 is 0. The molecule has 0 amide bonds. The summed E-state index contributed by atoms with van der Waals surface area (Å²) in [6.07, 6.45) is 9.48. The lowest BCUT2D eigenvalue weighted by molar-refractivity contribution is -0.231. The number of aliphatic carboxylic acids is 1. The number of nitrogens with one attached hydrogen (secondary N) is 1. The summed E-state index contributed by atoms with van der Waals surface area (Å²) in [6, 6.07) is 0.274. The van der Waals surface area contributed by atoms with Crippen LogP contribution in [0.5, 0.6) is 0 Å². The highest BCUT2D eigenvalue weighted by atomic mass is 16.7. The molecule has 1 spiro atoms. The fourth-order valence-electron chi connectivity index (χ4n) is 4.41. The molecule has 7 heteroatoms. The van der Waals surface area contributed by atoms with Crippen LogP contribution < -0.4 is 5.32 Å². The predicted octanol–water partition coefficient (Wildman–Crippen LogP) is 1.69. The molecule has 1 aliphatic heterocycles. The minimum atomic E-state index is -1.11. The number of carboxylic acids is 1. The first-order valence-electron chi connectivity index (χ1n) is 9.33. The number of hydrogen-bond acceptors (Lipinski definition) is 6. The quantitative estimate of drug-likeness (QED) is 0.666. The van der Waals surface area contributed by atoms with Gasteiger partial charge < -0.3 is 15.0 Å². The Bertz CT molecular complexity index is 455. The van der Waals surface area contributed by atoms with Gasteiger partial charge in [0.2, 0.25) is 0 Å². The number of hydroxylamine groups is 2. The predicted molar refractivity (Wildman–Crippen MR) is 92.7 cm³/mol. The number of hydrogen-bond donors (Lipinski definition) is 3. The van der Waals surface area contributed by atoms with Crippen molar-refractivity contribution >= 4 is 12.8 Å². The van der Waals surface area contributed by atoms with Crippen molar-refractivity contribution in [3.8, 4) is 0 Å². The van der Waals surface area contributed by atoms with Gasteiger partial charge in [0.25, 0.3) is 0 Å². The highest BCUT2D eigenvalue weighted by Crippen LogP contribution is 2.52. The standard InChI is InChI=1S/C17H30N2O4.CH2O/c1-16(15(21)22,12-23-19-11-5-6-14(19)20)18-13-7-10-17(13)8-3-2-4-9-17;1-2/h13-14,18,20H,2-12H2,1H3,(H,21,22);1H2. The van der Waals surface area contributed by atoms with Crippen molar-refractivity contribution < 1.29 is 24.6 Å². The molecular weight excluding hydrogens is 324 g/mol. The zero-order chi connectivity index (χ0) is 18.5. The second kappa shape index (κ2) is 8.58. The van der Waals surface area contributed by atoms with Crippen LogP contribution in [0.25, 0.3) is 0 Å². The first kappa shape index (κ1) is 20.3. The number of carboxylic acid groups (broad SMARTS) is 1. The number of nitrogens with zero attached hydrogens (tertiary/aromatic N) is 1. The zero-order valence-electron chi connectivity index (χ0n) is 15.2. The number of aliphatic hydroxyl groups is 1. The van der Waals surface area contributed by atoms with Crippen molar-refractivity contribution in [3.63, 3.8) is 0 Å². The van der Waals surface area contributed by atoms with Gasteiger partial charge in [0.1, 0.15) is 18.6 Å². The van der Waals surface area contributed by atoms with Gasteiger partial charge in [-0.2, -0.15) is 5.06 Å². The molecule has 25 heavy (non-hydrogen) atoms. The summed E-state index contributed by atoms with van der Waals surface area (Å²) in [5.41, 5.74) is -0.806. The fourth-order valence-corrected chi connectivity index (χ4v) is 4.41. The highest BCUT2D eigenvalue weighted by Gasteiger charge is 2.50.